The number of nitrogens with one attached hydrogen (secondary N) is 1. The lowest BCUT2D eigenvalue weighted by Crippen LogP contribution is -2.30. The van der Waals surface area contributed by atoms with E-state index >= 15 is 0 Å². The van der Waals surface area contributed by atoms with Crippen LogP contribution in [0.2, 0.25) is 5.02 Å². The molecule has 0 aliphatic rings. The summed E-state index contributed by atoms with van der Waals surface area (Å²) in [6.45, 7) is 0. The lowest BCUT2D eigenvalue weighted by atomic mass is 10.0. The molecule has 25 heavy (non-hydrogen) atoms. The molecule has 1 amide bonds. The van der Waals surface area contributed by atoms with E-state index in [1.807, 2.05) is 37.2 Å². The number of esters is 1. The van der Waals surface area contributed by atoms with E-state index in [-0.39, 0.29) is 12.3 Å². The molecule has 1 N–H and O–H groups in total. The van der Waals surface area contributed by atoms with Crippen LogP contribution in [0.4, 0.5) is 5.69 Å². The van der Waals surface area contributed by atoms with Gasteiger partial charge in [0.15, 0.2) is 0 Å². The van der Waals surface area contributed by atoms with Crippen molar-refractivity contribution in [1.82, 2.24) is 5.32 Å². The summed E-state index contributed by atoms with van der Waals surface area (Å²) in [5, 5.41) is 3.36. The van der Waals surface area contributed by atoms with Crippen molar-refractivity contribution < 1.29 is 14.3 Å². The molecular weight excluding hydrogens is 340 g/mol. The fraction of sp³-hybridized carbons (Fsp3) is 0.263. The van der Waals surface area contributed by atoms with E-state index in [2.05, 4.69) is 5.32 Å². The molecule has 0 bridgehead atoms. The number of anilines is 1. The van der Waals surface area contributed by atoms with Gasteiger partial charge in [-0.05, 0) is 29.8 Å². The molecular formula is C19H21ClN2O3. The van der Waals surface area contributed by atoms with Gasteiger partial charge in [0, 0.05) is 30.4 Å². The molecule has 0 radical (unpaired) electrons. The zero-order valence-corrected chi connectivity index (χ0v) is 15.2. The van der Waals surface area contributed by atoms with Crippen LogP contribution >= 0.6 is 11.6 Å². The van der Waals surface area contributed by atoms with E-state index in [0.717, 1.165) is 5.69 Å². The highest BCUT2D eigenvalue weighted by atomic mass is 35.5. The molecule has 0 spiro atoms. The van der Waals surface area contributed by atoms with Crippen molar-refractivity contribution in [3.8, 4) is 0 Å². The second-order valence-corrected chi connectivity index (χ2v) is 6.18. The predicted molar refractivity (Wildman–Crippen MR) is 99.1 cm³/mol. The highest BCUT2D eigenvalue weighted by Gasteiger charge is 2.21. The Balaban J connectivity index is 2.27. The van der Waals surface area contributed by atoms with Crippen molar-refractivity contribution in [2.45, 2.75) is 12.5 Å². The third-order valence-electron chi connectivity index (χ3n) is 3.81. The first-order chi connectivity index (χ1) is 11.9. The molecule has 132 valence electrons. The Bertz CT molecular complexity index is 762. The minimum atomic E-state index is -0.573. The fourth-order valence-electron chi connectivity index (χ4n) is 2.41. The minimum Gasteiger partial charge on any atom is -0.469 e. The zero-order valence-electron chi connectivity index (χ0n) is 14.5. The number of methoxy groups -OCH3 is 1. The largest absolute Gasteiger partial charge is 0.469 e. The summed E-state index contributed by atoms with van der Waals surface area (Å²) in [6.07, 6.45) is -0.000650. The van der Waals surface area contributed by atoms with Gasteiger partial charge in [-0.2, -0.15) is 0 Å². The quantitative estimate of drug-likeness (QED) is 0.802. The maximum absolute atomic E-state index is 12.7. The molecule has 0 aliphatic heterocycles. The first kappa shape index (κ1) is 18.8. The number of rotatable bonds is 6. The highest BCUT2D eigenvalue weighted by Crippen LogP contribution is 2.26. The topological polar surface area (TPSA) is 58.6 Å². The molecule has 0 fully saturated rings. The van der Waals surface area contributed by atoms with Crippen LogP contribution in [0.5, 0.6) is 0 Å². The minimum absolute atomic E-state index is 0.000650. The van der Waals surface area contributed by atoms with Gasteiger partial charge < -0.3 is 15.0 Å². The standard InChI is InChI=1S/C19H21ClN2O3/c1-22(2)14-8-6-7-13(11-14)19(24)21-17(12-18(23)25-3)15-9-4-5-10-16(15)20/h4-11,17H,12H2,1-3H3,(H,21,24). The molecule has 5 nitrogen and oxygen atoms in total. The molecule has 0 aliphatic carbocycles. The number of hydrogen-bond acceptors (Lipinski definition) is 4. The first-order valence-electron chi connectivity index (χ1n) is 7.82. The number of amides is 1. The van der Waals surface area contributed by atoms with E-state index in [1.165, 1.54) is 7.11 Å². The molecule has 2 aromatic rings. The summed E-state index contributed by atoms with van der Waals surface area (Å²) in [4.78, 5) is 26.3. The van der Waals surface area contributed by atoms with E-state index in [1.54, 1.807) is 30.3 Å². The smallest absolute Gasteiger partial charge is 0.307 e. The summed E-state index contributed by atoms with van der Waals surface area (Å²) in [5.41, 5.74) is 2.09. The summed E-state index contributed by atoms with van der Waals surface area (Å²) in [5.74, 6) is -0.704. The van der Waals surface area contributed by atoms with Crippen molar-refractivity contribution in [2.24, 2.45) is 0 Å². The van der Waals surface area contributed by atoms with Crippen molar-refractivity contribution in [3.05, 3.63) is 64.7 Å². The number of hydrogen-bond donors (Lipinski definition) is 1. The third kappa shape index (κ3) is 4.97. The van der Waals surface area contributed by atoms with Crippen molar-refractivity contribution in [2.75, 3.05) is 26.1 Å². The van der Waals surface area contributed by atoms with Gasteiger partial charge in [-0.1, -0.05) is 35.9 Å². The highest BCUT2D eigenvalue weighted by molar-refractivity contribution is 6.31. The second-order valence-electron chi connectivity index (χ2n) is 5.77. The van der Waals surface area contributed by atoms with Crippen LogP contribution in [0, 0.1) is 0 Å². The van der Waals surface area contributed by atoms with Gasteiger partial charge in [0.1, 0.15) is 0 Å². The zero-order chi connectivity index (χ0) is 18.4. The molecule has 0 saturated carbocycles. The van der Waals surface area contributed by atoms with Gasteiger partial charge >= 0.3 is 5.97 Å². The summed E-state index contributed by atoms with van der Waals surface area (Å²) >= 11 is 6.23. The van der Waals surface area contributed by atoms with Gasteiger partial charge in [0.25, 0.3) is 5.91 Å². The molecule has 1 unspecified atom stereocenters. The molecule has 0 saturated heterocycles. The van der Waals surface area contributed by atoms with Crippen LogP contribution in [0.25, 0.3) is 0 Å². The Morgan fingerprint density at radius 2 is 1.88 bits per heavy atom. The number of carbonyl (C=O) groups is 2. The van der Waals surface area contributed by atoms with Crippen LogP contribution in [0.3, 0.4) is 0 Å². The number of ether oxygens (including phenoxy) is 1. The fourth-order valence-corrected chi connectivity index (χ4v) is 2.68. The van der Waals surface area contributed by atoms with Crippen molar-refractivity contribution in [3.63, 3.8) is 0 Å². The number of benzene rings is 2. The van der Waals surface area contributed by atoms with Crippen LogP contribution in [0.1, 0.15) is 28.4 Å². The monoisotopic (exact) mass is 360 g/mol. The van der Waals surface area contributed by atoms with Crippen LogP contribution < -0.4 is 10.2 Å². The van der Waals surface area contributed by atoms with Gasteiger partial charge in [0.2, 0.25) is 0 Å². The molecule has 6 heteroatoms. The lowest BCUT2D eigenvalue weighted by Gasteiger charge is -2.20. The second kappa shape index (κ2) is 8.53. The van der Waals surface area contributed by atoms with E-state index in [4.69, 9.17) is 16.3 Å². The molecule has 1 atom stereocenters. The Morgan fingerprint density at radius 3 is 2.52 bits per heavy atom. The lowest BCUT2D eigenvalue weighted by molar-refractivity contribution is -0.141. The maximum Gasteiger partial charge on any atom is 0.307 e. The van der Waals surface area contributed by atoms with Gasteiger partial charge in [-0.15, -0.1) is 0 Å². The van der Waals surface area contributed by atoms with Crippen LogP contribution in [0.15, 0.2) is 48.5 Å². The van der Waals surface area contributed by atoms with Gasteiger partial charge in [0.05, 0.1) is 19.6 Å². The van der Waals surface area contributed by atoms with Crippen LogP contribution in [-0.2, 0) is 9.53 Å². The molecule has 2 rings (SSSR count). The summed E-state index contributed by atoms with van der Waals surface area (Å²) in [6, 6.07) is 13.8. The van der Waals surface area contributed by atoms with Crippen molar-refractivity contribution >= 4 is 29.2 Å². The van der Waals surface area contributed by atoms with E-state index in [0.29, 0.717) is 16.1 Å². The Morgan fingerprint density at radius 1 is 1.16 bits per heavy atom. The average molecular weight is 361 g/mol. The summed E-state index contributed by atoms with van der Waals surface area (Å²) in [7, 11) is 5.12. The van der Waals surface area contributed by atoms with Crippen LogP contribution in [-0.4, -0.2) is 33.1 Å². The molecule has 2 aromatic carbocycles. The Kier molecular flexibility index (Phi) is 6.42. The average Bonchev–Trinajstić information content (AvgIpc) is 2.61. The SMILES string of the molecule is COC(=O)CC(NC(=O)c1cccc(N(C)C)c1)c1ccccc1Cl. The van der Waals surface area contributed by atoms with Crippen molar-refractivity contribution in [1.29, 1.82) is 0 Å². The first-order valence-corrected chi connectivity index (χ1v) is 8.19. The number of nitrogens with zero attached hydrogens (tertiary/aromatic N) is 1. The normalized spacial score (nSPS) is 11.5. The molecule has 0 aromatic heterocycles. The van der Waals surface area contributed by atoms with E-state index in [9.17, 15) is 9.59 Å². The summed E-state index contributed by atoms with van der Waals surface area (Å²) < 4.78 is 4.74. The number of carbonyl (C=O) groups excluding carboxylic acids is 2. The van der Waals surface area contributed by atoms with Gasteiger partial charge in [-0.25, -0.2) is 0 Å². The predicted octanol–water partition coefficient (Wildman–Crippen LogP) is 3.44. The molecule has 0 heterocycles. The Labute approximate surface area is 152 Å². The number of halogens is 1. The Hall–Kier alpha value is -2.53. The third-order valence-corrected chi connectivity index (χ3v) is 4.15. The van der Waals surface area contributed by atoms with E-state index < -0.39 is 12.0 Å². The van der Waals surface area contributed by atoms with Gasteiger partial charge in [-0.3, -0.25) is 9.59 Å². The maximum atomic E-state index is 12.7.